The third-order valence-corrected chi connectivity index (χ3v) is 2.77. The molecule has 0 unspecified atom stereocenters. The molecule has 0 aromatic carbocycles. The number of Topliss-reactive ketones (excluding diaryl/α,β-unsaturated/α-hetero) is 1. The SMILES string of the molecule is Cn1cc([N+](=O)[O-])cc1C(=O)C(Br)(Br)Br. The molecular formula is C7H5Br3N2O3. The van der Waals surface area contributed by atoms with Gasteiger partial charge in [0.2, 0.25) is 5.78 Å². The second-order valence-electron chi connectivity index (χ2n) is 2.78. The highest BCUT2D eigenvalue weighted by molar-refractivity contribution is 9.40. The Morgan fingerprint density at radius 3 is 2.40 bits per heavy atom. The molecule has 5 nitrogen and oxygen atoms in total. The Hall–Kier alpha value is -0.210. The highest BCUT2D eigenvalue weighted by Gasteiger charge is 2.32. The van der Waals surface area contributed by atoms with Crippen molar-refractivity contribution in [3.05, 3.63) is 28.1 Å². The van der Waals surface area contributed by atoms with Crippen LogP contribution in [-0.4, -0.2) is 17.4 Å². The van der Waals surface area contributed by atoms with Gasteiger partial charge >= 0.3 is 0 Å². The largest absolute Gasteiger partial charge is 0.342 e. The minimum atomic E-state index is -1.09. The average molecular weight is 405 g/mol. The monoisotopic (exact) mass is 402 g/mol. The van der Waals surface area contributed by atoms with Gasteiger partial charge in [0.15, 0.2) is 2.14 Å². The van der Waals surface area contributed by atoms with Gasteiger partial charge in [-0.15, -0.1) is 0 Å². The van der Waals surface area contributed by atoms with Crippen LogP contribution in [0, 0.1) is 10.1 Å². The first-order valence-corrected chi connectivity index (χ1v) is 6.03. The number of rotatable bonds is 2. The van der Waals surface area contributed by atoms with Crippen LogP contribution in [0.25, 0.3) is 0 Å². The molecule has 1 aromatic heterocycles. The van der Waals surface area contributed by atoms with Crippen LogP contribution in [-0.2, 0) is 7.05 Å². The minimum absolute atomic E-state index is 0.113. The Labute approximate surface area is 110 Å². The summed E-state index contributed by atoms with van der Waals surface area (Å²) in [6, 6.07) is 1.22. The van der Waals surface area contributed by atoms with E-state index in [1.54, 1.807) is 7.05 Å². The van der Waals surface area contributed by atoms with E-state index in [0.29, 0.717) is 0 Å². The van der Waals surface area contributed by atoms with E-state index in [1.165, 1.54) is 16.8 Å². The molecule has 0 spiro atoms. The summed E-state index contributed by atoms with van der Waals surface area (Å²) < 4.78 is 0.311. The summed E-state index contributed by atoms with van der Waals surface area (Å²) in [6.07, 6.45) is 1.28. The zero-order valence-corrected chi connectivity index (χ0v) is 12.2. The number of aryl methyl sites for hydroxylation is 1. The molecule has 15 heavy (non-hydrogen) atoms. The molecule has 0 saturated heterocycles. The predicted molar refractivity (Wildman–Crippen MR) is 65.9 cm³/mol. The van der Waals surface area contributed by atoms with Crippen molar-refractivity contribution in [2.24, 2.45) is 7.05 Å². The Kier molecular flexibility index (Phi) is 3.72. The lowest BCUT2D eigenvalue weighted by atomic mass is 10.3. The van der Waals surface area contributed by atoms with Crippen LogP contribution in [0.3, 0.4) is 0 Å². The van der Waals surface area contributed by atoms with E-state index in [-0.39, 0.29) is 17.2 Å². The molecule has 0 fully saturated rings. The molecule has 0 radical (unpaired) electrons. The number of carbonyl (C=O) groups excluding carboxylic acids is 1. The molecule has 0 saturated carbocycles. The Bertz CT molecular complexity index is 422. The van der Waals surface area contributed by atoms with Crippen molar-refractivity contribution in [3.63, 3.8) is 0 Å². The standard InChI is InChI=1S/C7H5Br3N2O3/c1-11-3-4(12(14)15)2-5(11)6(13)7(8,9)10/h2-3H,1H3. The van der Waals surface area contributed by atoms with Gasteiger partial charge in [0.1, 0.15) is 0 Å². The summed E-state index contributed by atoms with van der Waals surface area (Å²) in [5.41, 5.74) is 0.116. The molecule has 0 amide bonds. The smallest absolute Gasteiger partial charge is 0.287 e. The van der Waals surface area contributed by atoms with Crippen LogP contribution < -0.4 is 0 Å². The van der Waals surface area contributed by atoms with Gasteiger partial charge in [0.05, 0.1) is 16.8 Å². The Morgan fingerprint density at radius 2 is 2.07 bits per heavy atom. The first-order chi connectivity index (χ1) is 6.73. The van der Waals surface area contributed by atoms with Crippen molar-refractivity contribution < 1.29 is 9.72 Å². The fourth-order valence-electron chi connectivity index (χ4n) is 1.02. The molecule has 1 aromatic rings. The first-order valence-electron chi connectivity index (χ1n) is 3.65. The topological polar surface area (TPSA) is 65.1 Å². The molecule has 0 N–H and O–H groups in total. The molecule has 0 aliphatic heterocycles. The number of ketones is 1. The zero-order chi connectivity index (χ0) is 11.8. The number of halogens is 3. The molecule has 0 bridgehead atoms. The summed E-state index contributed by atoms with van der Waals surface area (Å²) in [5, 5.41) is 10.5. The number of hydrogen-bond donors (Lipinski definition) is 0. The van der Waals surface area contributed by atoms with Crippen molar-refractivity contribution in [1.82, 2.24) is 4.57 Å². The quantitative estimate of drug-likeness (QED) is 0.329. The van der Waals surface area contributed by atoms with Gasteiger partial charge in [0.25, 0.3) is 5.69 Å². The summed E-state index contributed by atoms with van der Waals surface area (Å²) in [5.74, 6) is -0.349. The normalized spacial score (nSPS) is 11.5. The Morgan fingerprint density at radius 1 is 1.53 bits per heavy atom. The maximum Gasteiger partial charge on any atom is 0.287 e. The zero-order valence-electron chi connectivity index (χ0n) is 7.41. The third kappa shape index (κ3) is 2.88. The number of alkyl halides is 3. The van der Waals surface area contributed by atoms with Crippen LogP contribution in [0.4, 0.5) is 5.69 Å². The maximum atomic E-state index is 11.7. The van der Waals surface area contributed by atoms with Crippen LogP contribution in [0.5, 0.6) is 0 Å². The lowest BCUT2D eigenvalue weighted by Gasteiger charge is -2.10. The molecule has 1 heterocycles. The van der Waals surface area contributed by atoms with Crippen molar-refractivity contribution in [3.8, 4) is 0 Å². The summed E-state index contributed by atoms with van der Waals surface area (Å²) in [6.45, 7) is 0. The van der Waals surface area contributed by atoms with E-state index in [9.17, 15) is 14.9 Å². The van der Waals surface area contributed by atoms with Crippen molar-refractivity contribution in [2.45, 2.75) is 2.14 Å². The number of hydrogen-bond acceptors (Lipinski definition) is 3. The Balaban J connectivity index is 3.16. The van der Waals surface area contributed by atoms with E-state index >= 15 is 0 Å². The van der Waals surface area contributed by atoms with Crippen LogP contribution in [0.15, 0.2) is 12.3 Å². The average Bonchev–Trinajstić information content (AvgIpc) is 2.44. The van der Waals surface area contributed by atoms with E-state index in [0.717, 1.165) is 0 Å². The minimum Gasteiger partial charge on any atom is -0.342 e. The van der Waals surface area contributed by atoms with Gasteiger partial charge in [0, 0.05) is 13.1 Å². The summed E-state index contributed by atoms with van der Waals surface area (Å²) in [4.78, 5) is 21.7. The van der Waals surface area contributed by atoms with Crippen LogP contribution in [0.1, 0.15) is 10.5 Å². The summed E-state index contributed by atoms with van der Waals surface area (Å²) >= 11 is 9.19. The van der Waals surface area contributed by atoms with Gasteiger partial charge in [-0.1, -0.05) is 47.8 Å². The van der Waals surface area contributed by atoms with E-state index in [4.69, 9.17) is 0 Å². The van der Waals surface area contributed by atoms with Gasteiger partial charge in [-0.3, -0.25) is 14.9 Å². The van der Waals surface area contributed by atoms with E-state index < -0.39 is 7.07 Å². The third-order valence-electron chi connectivity index (χ3n) is 1.69. The van der Waals surface area contributed by atoms with Crippen molar-refractivity contribution in [2.75, 3.05) is 0 Å². The number of nitro groups is 1. The van der Waals surface area contributed by atoms with E-state index in [2.05, 4.69) is 47.8 Å². The predicted octanol–water partition coefficient (Wildman–Crippen LogP) is 2.95. The van der Waals surface area contributed by atoms with E-state index in [1.807, 2.05) is 0 Å². The fourth-order valence-corrected chi connectivity index (χ4v) is 1.63. The van der Waals surface area contributed by atoms with Gasteiger partial charge in [-0.2, -0.15) is 0 Å². The lowest BCUT2D eigenvalue weighted by Crippen LogP contribution is -2.19. The second-order valence-corrected chi connectivity index (χ2v) is 9.54. The highest BCUT2D eigenvalue weighted by Crippen LogP contribution is 2.37. The maximum absolute atomic E-state index is 11.7. The van der Waals surface area contributed by atoms with Crippen molar-refractivity contribution in [1.29, 1.82) is 0 Å². The summed E-state index contributed by atoms with van der Waals surface area (Å²) in [7, 11) is 1.57. The first kappa shape index (κ1) is 12.9. The van der Waals surface area contributed by atoms with Crippen LogP contribution >= 0.6 is 47.8 Å². The molecule has 0 aliphatic rings. The van der Waals surface area contributed by atoms with Gasteiger partial charge < -0.3 is 4.57 Å². The molecule has 0 aliphatic carbocycles. The second kappa shape index (κ2) is 4.34. The molecule has 8 heteroatoms. The van der Waals surface area contributed by atoms with Gasteiger partial charge in [-0.25, -0.2) is 0 Å². The van der Waals surface area contributed by atoms with Crippen molar-refractivity contribution >= 4 is 59.3 Å². The van der Waals surface area contributed by atoms with Crippen LogP contribution in [0.2, 0.25) is 0 Å². The molecular weight excluding hydrogens is 400 g/mol. The fraction of sp³-hybridized carbons (Fsp3) is 0.286. The highest BCUT2D eigenvalue weighted by atomic mass is 80.0. The number of nitrogens with zero attached hydrogens (tertiary/aromatic N) is 2. The number of carbonyl (C=O) groups is 1. The molecule has 0 atom stereocenters. The lowest BCUT2D eigenvalue weighted by molar-refractivity contribution is -0.384. The van der Waals surface area contributed by atoms with Gasteiger partial charge in [-0.05, 0) is 0 Å². The molecule has 1 rings (SSSR count). The number of aromatic nitrogens is 1. The molecule has 82 valence electrons.